The van der Waals surface area contributed by atoms with Crippen LogP contribution in [0, 0.1) is 6.92 Å². The molecule has 150 valence electrons. The monoisotopic (exact) mass is 381 g/mol. The fraction of sp³-hybridized carbons (Fsp3) is 0.545. The number of carbonyl (C=O) groups is 1. The zero-order valence-electron chi connectivity index (χ0n) is 16.7. The molecule has 2 unspecified atom stereocenters. The van der Waals surface area contributed by atoms with Crippen molar-refractivity contribution in [3.63, 3.8) is 0 Å². The van der Waals surface area contributed by atoms with Crippen molar-refractivity contribution in [2.24, 2.45) is 0 Å². The molecule has 2 aliphatic heterocycles. The minimum Gasteiger partial charge on any atom is -0.349 e. The van der Waals surface area contributed by atoms with Crippen LogP contribution < -0.4 is 10.6 Å². The van der Waals surface area contributed by atoms with Crippen LogP contribution in [0.4, 0.5) is 0 Å². The largest absolute Gasteiger partial charge is 0.349 e. The summed E-state index contributed by atoms with van der Waals surface area (Å²) in [5, 5.41) is 11.1. The summed E-state index contributed by atoms with van der Waals surface area (Å²) in [6.45, 7) is 6.90. The van der Waals surface area contributed by atoms with E-state index >= 15 is 0 Å². The van der Waals surface area contributed by atoms with E-state index in [1.54, 1.807) is 0 Å². The number of aryl methyl sites for hydroxylation is 1. The van der Waals surface area contributed by atoms with Crippen LogP contribution >= 0.6 is 0 Å². The van der Waals surface area contributed by atoms with Crippen LogP contribution in [-0.2, 0) is 0 Å². The normalized spacial score (nSPS) is 21.5. The molecule has 1 aromatic heterocycles. The lowest BCUT2D eigenvalue weighted by Gasteiger charge is -2.28. The van der Waals surface area contributed by atoms with E-state index in [1.807, 2.05) is 16.9 Å². The highest BCUT2D eigenvalue weighted by atomic mass is 16.1. The molecule has 1 aromatic carbocycles. The molecule has 28 heavy (non-hydrogen) atoms. The van der Waals surface area contributed by atoms with Gasteiger partial charge < -0.3 is 10.6 Å². The third-order valence-corrected chi connectivity index (χ3v) is 5.99. The van der Waals surface area contributed by atoms with Gasteiger partial charge in [-0.15, -0.1) is 0 Å². The third kappa shape index (κ3) is 4.45. The minimum absolute atomic E-state index is 0.0844. The van der Waals surface area contributed by atoms with Crippen LogP contribution in [0.2, 0.25) is 0 Å². The maximum absolute atomic E-state index is 12.7. The summed E-state index contributed by atoms with van der Waals surface area (Å²) in [5.74, 6) is -0.0844. The van der Waals surface area contributed by atoms with Crippen LogP contribution in [-0.4, -0.2) is 53.3 Å². The van der Waals surface area contributed by atoms with Crippen molar-refractivity contribution in [3.05, 3.63) is 53.3 Å². The van der Waals surface area contributed by atoms with E-state index in [4.69, 9.17) is 0 Å². The highest BCUT2D eigenvalue weighted by Gasteiger charge is 2.25. The highest BCUT2D eigenvalue weighted by molar-refractivity contribution is 5.92. The fourth-order valence-corrected chi connectivity index (χ4v) is 4.30. The quantitative estimate of drug-likeness (QED) is 0.808. The summed E-state index contributed by atoms with van der Waals surface area (Å²) < 4.78 is 1.94. The van der Waals surface area contributed by atoms with Crippen LogP contribution in [0.15, 0.2) is 36.5 Å². The first-order valence-electron chi connectivity index (χ1n) is 10.6. The molecule has 4 rings (SSSR count). The zero-order valence-corrected chi connectivity index (χ0v) is 16.7. The average molecular weight is 382 g/mol. The van der Waals surface area contributed by atoms with Crippen molar-refractivity contribution in [2.75, 3.05) is 32.7 Å². The molecule has 0 saturated carbocycles. The van der Waals surface area contributed by atoms with E-state index in [1.165, 1.54) is 24.0 Å². The predicted molar refractivity (Wildman–Crippen MR) is 110 cm³/mol. The van der Waals surface area contributed by atoms with Crippen LogP contribution in [0.5, 0.6) is 0 Å². The lowest BCUT2D eigenvalue weighted by molar-refractivity contribution is 0.0931. The fourth-order valence-electron chi connectivity index (χ4n) is 4.30. The SMILES string of the molecule is Cc1ccc(C(CNC(=O)c2ccn(C3CCCNC3)n2)N2CCCC2)cc1. The Bertz CT molecular complexity index is 772. The first-order valence-corrected chi connectivity index (χ1v) is 10.6. The van der Waals surface area contributed by atoms with Gasteiger partial charge >= 0.3 is 0 Å². The van der Waals surface area contributed by atoms with Gasteiger partial charge in [0.15, 0.2) is 0 Å². The number of benzene rings is 1. The van der Waals surface area contributed by atoms with Crippen molar-refractivity contribution >= 4 is 5.91 Å². The minimum atomic E-state index is -0.0844. The Morgan fingerprint density at radius 2 is 2.00 bits per heavy atom. The van der Waals surface area contributed by atoms with Crippen LogP contribution in [0.1, 0.15) is 59.4 Å². The molecule has 3 heterocycles. The number of nitrogens with one attached hydrogen (secondary N) is 2. The summed E-state index contributed by atoms with van der Waals surface area (Å²) in [4.78, 5) is 15.2. The lowest BCUT2D eigenvalue weighted by atomic mass is 10.0. The second-order valence-electron chi connectivity index (χ2n) is 8.06. The first kappa shape index (κ1) is 19.2. The van der Waals surface area contributed by atoms with Crippen LogP contribution in [0.3, 0.4) is 0 Å². The van der Waals surface area contributed by atoms with E-state index in [9.17, 15) is 4.79 Å². The van der Waals surface area contributed by atoms with Crippen molar-refractivity contribution < 1.29 is 4.79 Å². The van der Waals surface area contributed by atoms with E-state index in [0.717, 1.165) is 39.0 Å². The van der Waals surface area contributed by atoms with Crippen molar-refractivity contribution in [1.82, 2.24) is 25.3 Å². The van der Waals surface area contributed by atoms with Crippen molar-refractivity contribution in [3.8, 4) is 0 Å². The number of piperidine rings is 1. The predicted octanol–water partition coefficient (Wildman–Crippen LogP) is 2.68. The Kier molecular flexibility index (Phi) is 6.07. The molecule has 6 nitrogen and oxygen atoms in total. The van der Waals surface area contributed by atoms with Crippen molar-refractivity contribution in [2.45, 2.75) is 44.7 Å². The Morgan fingerprint density at radius 3 is 2.71 bits per heavy atom. The molecule has 2 saturated heterocycles. The van der Waals surface area contributed by atoms with E-state index < -0.39 is 0 Å². The Hall–Kier alpha value is -2.18. The van der Waals surface area contributed by atoms with E-state index in [-0.39, 0.29) is 11.9 Å². The van der Waals surface area contributed by atoms with Gasteiger partial charge in [-0.1, -0.05) is 29.8 Å². The number of hydrogen-bond donors (Lipinski definition) is 2. The Balaban J connectivity index is 1.41. The summed E-state index contributed by atoms with van der Waals surface area (Å²) in [6.07, 6.45) is 6.66. The first-order chi connectivity index (χ1) is 13.7. The summed E-state index contributed by atoms with van der Waals surface area (Å²) in [7, 11) is 0. The number of amides is 1. The van der Waals surface area contributed by atoms with Gasteiger partial charge in [0.1, 0.15) is 5.69 Å². The molecule has 0 radical (unpaired) electrons. The van der Waals surface area contributed by atoms with Gasteiger partial charge in [0.2, 0.25) is 0 Å². The number of nitrogens with zero attached hydrogens (tertiary/aromatic N) is 3. The highest BCUT2D eigenvalue weighted by Crippen LogP contribution is 2.25. The van der Waals surface area contributed by atoms with Gasteiger partial charge in [-0.05, 0) is 63.9 Å². The van der Waals surface area contributed by atoms with Gasteiger partial charge in [0.05, 0.1) is 12.1 Å². The van der Waals surface area contributed by atoms with Gasteiger partial charge in [-0.3, -0.25) is 14.4 Å². The molecular formula is C22H31N5O. The molecule has 1 amide bonds. The molecule has 6 heteroatoms. The molecule has 2 atom stereocenters. The molecular weight excluding hydrogens is 350 g/mol. The smallest absolute Gasteiger partial charge is 0.271 e. The molecule has 2 fully saturated rings. The standard InChI is InChI=1S/C22H31N5O/c1-17-6-8-18(9-7-17)21(26-12-2-3-13-26)16-24-22(28)20-10-14-27(25-20)19-5-4-11-23-15-19/h6-10,14,19,21,23H,2-5,11-13,15-16H2,1H3,(H,24,28). The van der Waals surface area contributed by atoms with Gasteiger partial charge in [0, 0.05) is 19.3 Å². The number of aromatic nitrogens is 2. The molecule has 2 aromatic rings. The Morgan fingerprint density at radius 1 is 1.21 bits per heavy atom. The van der Waals surface area contributed by atoms with Crippen molar-refractivity contribution in [1.29, 1.82) is 0 Å². The second kappa shape index (κ2) is 8.88. The van der Waals surface area contributed by atoms with Crippen LogP contribution in [0.25, 0.3) is 0 Å². The lowest BCUT2D eigenvalue weighted by Crippen LogP contribution is -2.37. The summed E-state index contributed by atoms with van der Waals surface area (Å²) in [6, 6.07) is 11.1. The maximum Gasteiger partial charge on any atom is 0.271 e. The maximum atomic E-state index is 12.7. The van der Waals surface area contributed by atoms with Gasteiger partial charge in [-0.2, -0.15) is 5.10 Å². The average Bonchev–Trinajstić information content (AvgIpc) is 3.42. The number of hydrogen-bond acceptors (Lipinski definition) is 4. The van der Waals surface area contributed by atoms with Gasteiger partial charge in [0.25, 0.3) is 5.91 Å². The summed E-state index contributed by atoms with van der Waals surface area (Å²) in [5.41, 5.74) is 3.04. The topological polar surface area (TPSA) is 62.2 Å². The third-order valence-electron chi connectivity index (χ3n) is 5.99. The molecule has 0 aliphatic carbocycles. The number of carbonyl (C=O) groups excluding carboxylic acids is 1. The molecule has 2 aliphatic rings. The molecule has 0 bridgehead atoms. The van der Waals surface area contributed by atoms with Gasteiger partial charge in [-0.25, -0.2) is 0 Å². The Labute approximate surface area is 167 Å². The molecule has 0 spiro atoms. The second-order valence-corrected chi connectivity index (χ2v) is 8.06. The summed E-state index contributed by atoms with van der Waals surface area (Å²) >= 11 is 0. The number of rotatable bonds is 6. The zero-order chi connectivity index (χ0) is 19.3. The molecule has 2 N–H and O–H groups in total. The van der Waals surface area contributed by atoms with E-state index in [0.29, 0.717) is 18.3 Å². The number of likely N-dealkylation sites (tertiary alicyclic amines) is 1. The van der Waals surface area contributed by atoms with E-state index in [2.05, 4.69) is 51.8 Å².